The molecule has 80 valence electrons. The molecule has 2 heterocycles. The van der Waals surface area contributed by atoms with Gasteiger partial charge in [-0.1, -0.05) is 0 Å². The minimum atomic E-state index is 0.436. The van der Waals surface area contributed by atoms with Crippen LogP contribution >= 0.6 is 0 Å². The van der Waals surface area contributed by atoms with E-state index < -0.39 is 0 Å². The Hall–Kier alpha value is -2.62. The molecule has 0 atom stereocenters. The zero-order chi connectivity index (χ0) is 11.4. The van der Waals surface area contributed by atoms with Crippen LogP contribution in [0.4, 0.5) is 11.6 Å². The quantitative estimate of drug-likeness (QED) is 0.676. The highest BCUT2D eigenvalue weighted by Crippen LogP contribution is 2.12. The zero-order valence-electron chi connectivity index (χ0n) is 8.31. The van der Waals surface area contributed by atoms with Gasteiger partial charge in [0.25, 0.3) is 0 Å². The number of anilines is 2. The fraction of sp³-hybridized carbons (Fsp3) is 0.111. The van der Waals surface area contributed by atoms with Crippen molar-refractivity contribution in [3.63, 3.8) is 0 Å². The Bertz CT molecular complexity index is 525. The molecular formula is C9H9N7. The molecule has 0 aromatic carbocycles. The summed E-state index contributed by atoms with van der Waals surface area (Å²) < 4.78 is 0. The standard InChI is InChI=1S/C9H9N7/c10-3-6-1-2-13-16-9(6)12-4-7-5-14-15-8(7)11/h1-2,5H,4H2,(H,12,16)(H3,11,14,15). The van der Waals surface area contributed by atoms with Crippen LogP contribution in [0.25, 0.3) is 0 Å². The van der Waals surface area contributed by atoms with E-state index in [1.54, 1.807) is 12.3 Å². The van der Waals surface area contributed by atoms with E-state index in [1.165, 1.54) is 6.20 Å². The second kappa shape index (κ2) is 4.27. The Morgan fingerprint density at radius 1 is 1.56 bits per heavy atom. The SMILES string of the molecule is N#Cc1ccnnc1NCc1cn[nH]c1N. The Balaban J connectivity index is 2.11. The van der Waals surface area contributed by atoms with Crippen LogP contribution < -0.4 is 11.1 Å². The number of H-pyrrole nitrogens is 1. The van der Waals surface area contributed by atoms with Gasteiger partial charge in [0.05, 0.1) is 18.0 Å². The predicted molar refractivity (Wildman–Crippen MR) is 57.1 cm³/mol. The van der Waals surface area contributed by atoms with Crippen molar-refractivity contribution >= 4 is 11.6 Å². The van der Waals surface area contributed by atoms with Crippen molar-refractivity contribution in [2.45, 2.75) is 6.54 Å². The van der Waals surface area contributed by atoms with E-state index >= 15 is 0 Å². The summed E-state index contributed by atoms with van der Waals surface area (Å²) in [4.78, 5) is 0. The third kappa shape index (κ3) is 1.90. The van der Waals surface area contributed by atoms with E-state index in [-0.39, 0.29) is 0 Å². The molecule has 0 aliphatic carbocycles. The van der Waals surface area contributed by atoms with Gasteiger partial charge in [0, 0.05) is 12.1 Å². The van der Waals surface area contributed by atoms with Gasteiger partial charge in [0.15, 0.2) is 5.82 Å². The summed E-state index contributed by atoms with van der Waals surface area (Å²) in [6, 6.07) is 3.61. The van der Waals surface area contributed by atoms with E-state index in [9.17, 15) is 0 Å². The first-order valence-electron chi connectivity index (χ1n) is 4.54. The molecule has 16 heavy (non-hydrogen) atoms. The largest absolute Gasteiger partial charge is 0.384 e. The molecule has 0 fully saturated rings. The van der Waals surface area contributed by atoms with Crippen molar-refractivity contribution in [1.29, 1.82) is 5.26 Å². The molecule has 0 spiro atoms. The minimum absolute atomic E-state index is 0.436. The van der Waals surface area contributed by atoms with Crippen molar-refractivity contribution in [3.8, 4) is 6.07 Å². The molecule has 2 aromatic heterocycles. The van der Waals surface area contributed by atoms with Gasteiger partial charge >= 0.3 is 0 Å². The van der Waals surface area contributed by atoms with Gasteiger partial charge in [-0.25, -0.2) is 0 Å². The number of hydrogen-bond donors (Lipinski definition) is 3. The maximum Gasteiger partial charge on any atom is 0.166 e. The topological polar surface area (TPSA) is 116 Å². The molecule has 4 N–H and O–H groups in total. The molecular weight excluding hydrogens is 206 g/mol. The lowest BCUT2D eigenvalue weighted by atomic mass is 10.3. The Labute approximate surface area is 91.3 Å². The van der Waals surface area contributed by atoms with Crippen LogP contribution in [0.5, 0.6) is 0 Å². The highest BCUT2D eigenvalue weighted by molar-refractivity contribution is 5.51. The average molecular weight is 215 g/mol. The van der Waals surface area contributed by atoms with Crippen LogP contribution in [0.15, 0.2) is 18.5 Å². The molecule has 0 amide bonds. The Kier molecular flexibility index (Phi) is 2.65. The van der Waals surface area contributed by atoms with E-state index in [0.717, 1.165) is 5.56 Å². The number of aromatic amines is 1. The Morgan fingerprint density at radius 3 is 3.12 bits per heavy atom. The van der Waals surface area contributed by atoms with Crippen molar-refractivity contribution < 1.29 is 0 Å². The molecule has 0 aliphatic heterocycles. The molecule has 2 rings (SSSR count). The van der Waals surface area contributed by atoms with Gasteiger partial charge in [0.2, 0.25) is 0 Å². The van der Waals surface area contributed by atoms with E-state index in [4.69, 9.17) is 11.0 Å². The molecule has 7 nitrogen and oxygen atoms in total. The maximum absolute atomic E-state index is 8.83. The summed E-state index contributed by atoms with van der Waals surface area (Å²) in [7, 11) is 0. The number of nitrogen functional groups attached to an aromatic ring is 1. The number of nitrogens with two attached hydrogens (primary N) is 1. The number of rotatable bonds is 3. The molecule has 0 saturated carbocycles. The van der Waals surface area contributed by atoms with Crippen LogP contribution in [0.3, 0.4) is 0 Å². The number of aromatic nitrogens is 4. The summed E-state index contributed by atoms with van der Waals surface area (Å²) >= 11 is 0. The lowest BCUT2D eigenvalue weighted by molar-refractivity contribution is 0.995. The molecule has 0 saturated heterocycles. The van der Waals surface area contributed by atoms with Gasteiger partial charge in [-0.2, -0.15) is 15.5 Å². The summed E-state index contributed by atoms with van der Waals surface area (Å²) in [5.41, 5.74) is 6.87. The van der Waals surface area contributed by atoms with Gasteiger partial charge in [-0.05, 0) is 6.07 Å². The normalized spacial score (nSPS) is 9.69. The molecule has 0 unspecified atom stereocenters. The second-order valence-electron chi connectivity index (χ2n) is 3.07. The molecule has 0 bridgehead atoms. The van der Waals surface area contributed by atoms with Gasteiger partial charge in [-0.3, -0.25) is 5.10 Å². The lowest BCUT2D eigenvalue weighted by Crippen LogP contribution is -2.05. The Morgan fingerprint density at radius 2 is 2.44 bits per heavy atom. The van der Waals surface area contributed by atoms with Crippen LogP contribution in [-0.2, 0) is 6.54 Å². The van der Waals surface area contributed by atoms with Gasteiger partial charge in [-0.15, -0.1) is 5.10 Å². The molecule has 2 aromatic rings. The summed E-state index contributed by atoms with van der Waals surface area (Å²) in [5.74, 6) is 0.931. The van der Waals surface area contributed by atoms with Gasteiger partial charge < -0.3 is 11.1 Å². The van der Waals surface area contributed by atoms with Crippen molar-refractivity contribution in [2.75, 3.05) is 11.1 Å². The minimum Gasteiger partial charge on any atom is -0.384 e. The first-order valence-corrected chi connectivity index (χ1v) is 4.54. The van der Waals surface area contributed by atoms with Gasteiger partial charge in [0.1, 0.15) is 11.9 Å². The van der Waals surface area contributed by atoms with Crippen molar-refractivity contribution in [1.82, 2.24) is 20.4 Å². The highest BCUT2D eigenvalue weighted by Gasteiger charge is 2.05. The number of nitriles is 1. The van der Waals surface area contributed by atoms with E-state index in [0.29, 0.717) is 23.7 Å². The number of nitrogens with zero attached hydrogens (tertiary/aromatic N) is 4. The van der Waals surface area contributed by atoms with Crippen LogP contribution in [-0.4, -0.2) is 20.4 Å². The zero-order valence-corrected chi connectivity index (χ0v) is 8.31. The first kappa shape index (κ1) is 9.92. The van der Waals surface area contributed by atoms with E-state index in [1.807, 2.05) is 6.07 Å². The second-order valence-corrected chi connectivity index (χ2v) is 3.07. The average Bonchev–Trinajstić information content (AvgIpc) is 2.72. The first-order chi connectivity index (χ1) is 7.81. The van der Waals surface area contributed by atoms with Crippen LogP contribution in [0.1, 0.15) is 11.1 Å². The third-order valence-corrected chi connectivity index (χ3v) is 2.04. The van der Waals surface area contributed by atoms with E-state index in [2.05, 4.69) is 25.7 Å². The van der Waals surface area contributed by atoms with Crippen molar-refractivity contribution in [3.05, 3.63) is 29.6 Å². The highest BCUT2D eigenvalue weighted by atomic mass is 15.2. The summed E-state index contributed by atoms with van der Waals surface area (Å²) in [5, 5.41) is 25.7. The predicted octanol–water partition coefficient (Wildman–Crippen LogP) is 0.266. The van der Waals surface area contributed by atoms with Crippen molar-refractivity contribution in [2.24, 2.45) is 0 Å². The molecule has 7 heteroatoms. The van der Waals surface area contributed by atoms with Crippen LogP contribution in [0.2, 0.25) is 0 Å². The summed E-state index contributed by atoms with van der Waals surface area (Å²) in [6.07, 6.45) is 3.08. The number of nitrogens with one attached hydrogen (secondary N) is 2. The maximum atomic E-state index is 8.83. The summed E-state index contributed by atoms with van der Waals surface area (Å²) in [6.45, 7) is 0.440. The molecule has 0 aliphatic rings. The fourth-order valence-corrected chi connectivity index (χ4v) is 1.19. The van der Waals surface area contributed by atoms with Crippen LogP contribution in [0, 0.1) is 11.3 Å². The number of hydrogen-bond acceptors (Lipinski definition) is 6. The molecule has 0 radical (unpaired) electrons. The third-order valence-electron chi connectivity index (χ3n) is 2.04. The fourth-order valence-electron chi connectivity index (χ4n) is 1.19. The lowest BCUT2D eigenvalue weighted by Gasteiger charge is -2.04. The smallest absolute Gasteiger partial charge is 0.166 e. The monoisotopic (exact) mass is 215 g/mol.